The normalized spacial score (nSPS) is 25.6. The molecule has 7 nitrogen and oxygen atoms in total. The lowest BCUT2D eigenvalue weighted by molar-refractivity contribution is -0.129. The molecule has 2 aromatic rings. The van der Waals surface area contributed by atoms with Crippen LogP contribution in [0.3, 0.4) is 0 Å². The van der Waals surface area contributed by atoms with Crippen LogP contribution in [0.1, 0.15) is 25.7 Å². The van der Waals surface area contributed by atoms with E-state index in [1.807, 2.05) is 23.2 Å². The number of rotatable bonds is 3. The van der Waals surface area contributed by atoms with Crippen LogP contribution in [0.25, 0.3) is 11.0 Å². The number of carbonyl (C=O) groups is 1. The first kappa shape index (κ1) is 15.9. The number of nitriles is 1. The van der Waals surface area contributed by atoms with E-state index < -0.39 is 0 Å². The van der Waals surface area contributed by atoms with Crippen molar-refractivity contribution in [1.82, 2.24) is 19.9 Å². The quantitative estimate of drug-likeness (QED) is 0.924. The predicted molar refractivity (Wildman–Crippen MR) is 93.7 cm³/mol. The monoisotopic (exact) mass is 338 g/mol. The van der Waals surface area contributed by atoms with Crippen molar-refractivity contribution in [3.05, 3.63) is 18.6 Å². The van der Waals surface area contributed by atoms with Crippen LogP contribution in [0.5, 0.6) is 0 Å². The number of hydrogen-bond donors (Lipinski definition) is 1. The fourth-order valence-corrected chi connectivity index (χ4v) is 4.45. The van der Waals surface area contributed by atoms with E-state index in [0.717, 1.165) is 49.2 Å². The number of nitrogens with one attached hydrogen (secondary N) is 1. The number of H-pyrrole nitrogens is 1. The summed E-state index contributed by atoms with van der Waals surface area (Å²) < 4.78 is 0. The summed E-state index contributed by atoms with van der Waals surface area (Å²) in [6.45, 7) is 1.61. The fourth-order valence-electron chi connectivity index (χ4n) is 4.45. The molecular formula is C18H22N6O. The Kier molecular flexibility index (Phi) is 4.04. The standard InChI is InChI=1S/C18H22N6O/c1-23(18-15-5-7-20-17(15)21-11-22-18)14-3-2-12-9-24(10-13(12)8-14)16(25)4-6-19/h5,7,11-14H,2-4,8-10H2,1H3,(H,20,21,22)/t12-,13+,14+/m0/s1. The third-order valence-electron chi connectivity index (χ3n) is 5.82. The maximum Gasteiger partial charge on any atom is 0.236 e. The number of anilines is 1. The Bertz CT molecular complexity index is 824. The van der Waals surface area contributed by atoms with Gasteiger partial charge in [0.2, 0.25) is 5.91 Å². The summed E-state index contributed by atoms with van der Waals surface area (Å²) in [5.74, 6) is 2.04. The highest BCUT2D eigenvalue weighted by molar-refractivity contribution is 5.87. The highest BCUT2D eigenvalue weighted by Gasteiger charge is 2.40. The van der Waals surface area contributed by atoms with Crippen LogP contribution in [0.2, 0.25) is 0 Å². The molecular weight excluding hydrogens is 316 g/mol. The summed E-state index contributed by atoms with van der Waals surface area (Å²) in [6, 6.07) is 4.41. The minimum atomic E-state index is -0.0216. The van der Waals surface area contributed by atoms with Gasteiger partial charge in [-0.3, -0.25) is 4.79 Å². The summed E-state index contributed by atoms with van der Waals surface area (Å²) in [6.07, 6.45) is 6.78. The molecule has 1 N–H and O–H groups in total. The smallest absolute Gasteiger partial charge is 0.236 e. The van der Waals surface area contributed by atoms with Gasteiger partial charge in [-0.1, -0.05) is 0 Å². The van der Waals surface area contributed by atoms with Crippen molar-refractivity contribution in [2.24, 2.45) is 11.8 Å². The van der Waals surface area contributed by atoms with Gasteiger partial charge in [0.1, 0.15) is 24.2 Å². The molecule has 0 aromatic carbocycles. The molecule has 2 aliphatic rings. The second-order valence-corrected chi connectivity index (χ2v) is 7.17. The zero-order valence-electron chi connectivity index (χ0n) is 14.4. The Labute approximate surface area is 146 Å². The van der Waals surface area contributed by atoms with E-state index in [9.17, 15) is 4.79 Å². The van der Waals surface area contributed by atoms with Crippen LogP contribution < -0.4 is 4.90 Å². The van der Waals surface area contributed by atoms with Crippen molar-refractivity contribution in [2.75, 3.05) is 25.0 Å². The lowest BCUT2D eigenvalue weighted by atomic mass is 9.78. The number of aromatic amines is 1. The van der Waals surface area contributed by atoms with Crippen LogP contribution in [0.15, 0.2) is 18.6 Å². The van der Waals surface area contributed by atoms with Crippen molar-refractivity contribution < 1.29 is 4.79 Å². The van der Waals surface area contributed by atoms with Gasteiger partial charge in [-0.15, -0.1) is 0 Å². The molecule has 2 fully saturated rings. The molecule has 3 atom stereocenters. The van der Waals surface area contributed by atoms with Gasteiger partial charge in [0.25, 0.3) is 0 Å². The van der Waals surface area contributed by atoms with Crippen molar-refractivity contribution in [1.29, 1.82) is 5.26 Å². The highest BCUT2D eigenvalue weighted by Crippen LogP contribution is 2.39. The summed E-state index contributed by atoms with van der Waals surface area (Å²) in [5.41, 5.74) is 0.861. The summed E-state index contributed by atoms with van der Waals surface area (Å²) in [7, 11) is 2.10. The molecule has 4 rings (SSSR count). The van der Waals surface area contributed by atoms with Crippen LogP contribution >= 0.6 is 0 Å². The van der Waals surface area contributed by atoms with Crippen LogP contribution in [-0.2, 0) is 4.79 Å². The molecule has 1 aliphatic carbocycles. The maximum absolute atomic E-state index is 12.0. The SMILES string of the molecule is CN(c1ncnc2[nH]ccc12)[C@@H]1CC[C@H]2CN(C(=O)CC#N)C[C@H]2C1. The molecule has 1 saturated heterocycles. The third kappa shape index (κ3) is 2.82. The molecule has 0 radical (unpaired) electrons. The number of likely N-dealkylation sites (tertiary alicyclic amines) is 1. The molecule has 0 spiro atoms. The average molecular weight is 338 g/mol. The first-order valence-electron chi connectivity index (χ1n) is 8.83. The van der Waals surface area contributed by atoms with Crippen molar-refractivity contribution in [3.63, 3.8) is 0 Å². The molecule has 3 heterocycles. The minimum absolute atomic E-state index is 0.00478. The summed E-state index contributed by atoms with van der Waals surface area (Å²) >= 11 is 0. The molecule has 2 aromatic heterocycles. The molecule has 0 bridgehead atoms. The molecule has 130 valence electrons. The van der Waals surface area contributed by atoms with E-state index in [0.29, 0.717) is 17.9 Å². The van der Waals surface area contributed by atoms with Gasteiger partial charge in [-0.25, -0.2) is 9.97 Å². The zero-order chi connectivity index (χ0) is 17.4. The largest absolute Gasteiger partial charge is 0.356 e. The highest BCUT2D eigenvalue weighted by atomic mass is 16.2. The van der Waals surface area contributed by atoms with Crippen LogP contribution in [-0.4, -0.2) is 51.9 Å². The predicted octanol–water partition coefficient (Wildman–Crippen LogP) is 1.93. The van der Waals surface area contributed by atoms with E-state index in [2.05, 4.69) is 26.9 Å². The first-order valence-corrected chi connectivity index (χ1v) is 8.83. The van der Waals surface area contributed by atoms with Gasteiger partial charge < -0.3 is 14.8 Å². The number of amides is 1. The fraction of sp³-hybridized carbons (Fsp3) is 0.556. The lowest BCUT2D eigenvalue weighted by Gasteiger charge is -2.37. The van der Waals surface area contributed by atoms with Gasteiger partial charge in [-0.2, -0.15) is 5.26 Å². The third-order valence-corrected chi connectivity index (χ3v) is 5.82. The Morgan fingerprint density at radius 1 is 1.40 bits per heavy atom. The van der Waals surface area contributed by atoms with Gasteiger partial charge in [0.05, 0.1) is 11.5 Å². The Morgan fingerprint density at radius 3 is 3.08 bits per heavy atom. The minimum Gasteiger partial charge on any atom is -0.356 e. The van der Waals surface area contributed by atoms with Gasteiger partial charge in [0, 0.05) is 32.4 Å². The lowest BCUT2D eigenvalue weighted by Crippen LogP contribution is -2.39. The zero-order valence-corrected chi connectivity index (χ0v) is 14.4. The summed E-state index contributed by atoms with van der Waals surface area (Å²) in [5, 5.41) is 9.79. The average Bonchev–Trinajstić information content (AvgIpc) is 3.26. The van der Waals surface area contributed by atoms with E-state index in [1.54, 1.807) is 6.33 Å². The van der Waals surface area contributed by atoms with Crippen LogP contribution in [0, 0.1) is 23.2 Å². The number of carbonyl (C=O) groups excluding carboxylic acids is 1. The second kappa shape index (κ2) is 6.36. The van der Waals surface area contributed by atoms with Crippen LogP contribution in [0.4, 0.5) is 5.82 Å². The molecule has 25 heavy (non-hydrogen) atoms. The molecule has 1 amide bonds. The molecule has 0 unspecified atom stereocenters. The molecule has 7 heteroatoms. The number of aromatic nitrogens is 3. The Hall–Kier alpha value is -2.62. The van der Waals surface area contributed by atoms with E-state index in [4.69, 9.17) is 5.26 Å². The van der Waals surface area contributed by atoms with E-state index >= 15 is 0 Å². The molecule has 1 aliphatic heterocycles. The number of hydrogen-bond acceptors (Lipinski definition) is 5. The van der Waals surface area contributed by atoms with Crippen molar-refractivity contribution in [3.8, 4) is 6.07 Å². The number of nitrogens with zero attached hydrogens (tertiary/aromatic N) is 5. The maximum atomic E-state index is 12.0. The topological polar surface area (TPSA) is 88.9 Å². The van der Waals surface area contributed by atoms with Gasteiger partial charge in [-0.05, 0) is 37.2 Å². The Morgan fingerprint density at radius 2 is 2.24 bits per heavy atom. The van der Waals surface area contributed by atoms with Crippen molar-refractivity contribution >= 4 is 22.8 Å². The van der Waals surface area contributed by atoms with E-state index in [1.165, 1.54) is 0 Å². The Balaban J connectivity index is 1.48. The second-order valence-electron chi connectivity index (χ2n) is 7.17. The summed E-state index contributed by atoms with van der Waals surface area (Å²) in [4.78, 5) is 28.1. The first-order chi connectivity index (χ1) is 12.2. The van der Waals surface area contributed by atoms with Crippen molar-refractivity contribution in [2.45, 2.75) is 31.7 Å². The number of fused-ring (bicyclic) bond motifs is 2. The van der Waals surface area contributed by atoms with Gasteiger partial charge in [0.15, 0.2) is 0 Å². The molecule has 1 saturated carbocycles. The van der Waals surface area contributed by atoms with E-state index in [-0.39, 0.29) is 12.3 Å². The van der Waals surface area contributed by atoms with Gasteiger partial charge >= 0.3 is 0 Å².